The Morgan fingerprint density at radius 1 is 1.00 bits per heavy atom. The number of rotatable bonds is 4. The predicted octanol–water partition coefficient (Wildman–Crippen LogP) is 0.294. The van der Waals surface area contributed by atoms with Crippen LogP contribution in [0.25, 0.3) is 0 Å². The van der Waals surface area contributed by atoms with E-state index in [0.29, 0.717) is 25.7 Å². The standard InChI is InChI=1S/C24H34O6/c1-12(2)14-11-24-9-6-15-22(3,7-5-8-23(15,4)21(29)30)16(24)10-13(14)17(19(25)26)18(24)20(27)28/h11-13,15-18H,5-10H2,1-4H3,(H,25,26)(H,27,28)(H,29,30)/p-3/t13-,15-,16+,17+,18+,22-,23-,24+/m1/s1. The van der Waals surface area contributed by atoms with E-state index in [1.807, 2.05) is 13.8 Å². The Morgan fingerprint density at radius 3 is 2.20 bits per heavy atom. The van der Waals surface area contributed by atoms with Gasteiger partial charge >= 0.3 is 0 Å². The van der Waals surface area contributed by atoms with Crippen molar-refractivity contribution in [2.24, 2.45) is 51.8 Å². The van der Waals surface area contributed by atoms with E-state index in [1.54, 1.807) is 6.92 Å². The number of carbonyl (C=O) groups excluding carboxylic acids is 3. The lowest BCUT2D eigenvalue weighted by atomic mass is 9.34. The smallest absolute Gasteiger partial charge is 0.0476 e. The van der Waals surface area contributed by atoms with Gasteiger partial charge in [-0.3, -0.25) is 0 Å². The van der Waals surface area contributed by atoms with Gasteiger partial charge in [0, 0.05) is 40.6 Å². The van der Waals surface area contributed by atoms with Gasteiger partial charge in [-0.1, -0.05) is 45.8 Å². The number of hydrogen-bond donors (Lipinski definition) is 0. The van der Waals surface area contributed by atoms with Crippen molar-refractivity contribution in [2.75, 3.05) is 0 Å². The molecule has 6 nitrogen and oxygen atoms in total. The molecule has 3 fully saturated rings. The summed E-state index contributed by atoms with van der Waals surface area (Å²) in [6, 6.07) is 0. The van der Waals surface area contributed by atoms with Gasteiger partial charge in [-0.25, -0.2) is 0 Å². The van der Waals surface area contributed by atoms with Crippen molar-refractivity contribution in [3.8, 4) is 0 Å². The third-order valence-electron chi connectivity index (χ3n) is 9.67. The van der Waals surface area contributed by atoms with Crippen LogP contribution in [0.5, 0.6) is 0 Å². The second-order valence-corrected chi connectivity index (χ2v) is 11.1. The summed E-state index contributed by atoms with van der Waals surface area (Å²) in [5.74, 6) is -6.39. The van der Waals surface area contributed by atoms with E-state index in [1.165, 1.54) is 0 Å². The summed E-state index contributed by atoms with van der Waals surface area (Å²) in [5.41, 5.74) is -1.14. The third-order valence-corrected chi connectivity index (χ3v) is 9.67. The minimum Gasteiger partial charge on any atom is -0.550 e. The molecule has 1 spiro atoms. The van der Waals surface area contributed by atoms with Crippen molar-refractivity contribution < 1.29 is 29.7 Å². The average molecular weight is 416 g/mol. The molecule has 0 N–H and O–H groups in total. The van der Waals surface area contributed by atoms with Crippen molar-refractivity contribution in [3.63, 3.8) is 0 Å². The molecule has 2 bridgehead atoms. The molecular weight excluding hydrogens is 384 g/mol. The Kier molecular flexibility index (Phi) is 4.68. The first-order valence-corrected chi connectivity index (χ1v) is 11.3. The van der Waals surface area contributed by atoms with E-state index in [9.17, 15) is 29.7 Å². The quantitative estimate of drug-likeness (QED) is 0.609. The Balaban J connectivity index is 1.89. The Hall–Kier alpha value is -1.85. The first-order chi connectivity index (χ1) is 13.9. The molecule has 6 heteroatoms. The maximum absolute atomic E-state index is 12.3. The largest absolute Gasteiger partial charge is 0.550 e. The zero-order valence-corrected chi connectivity index (χ0v) is 18.2. The molecule has 30 heavy (non-hydrogen) atoms. The normalized spacial score (nSPS) is 47.2. The van der Waals surface area contributed by atoms with Crippen molar-refractivity contribution in [1.29, 1.82) is 0 Å². The highest BCUT2D eigenvalue weighted by Crippen LogP contribution is 2.73. The second-order valence-electron chi connectivity index (χ2n) is 11.1. The van der Waals surface area contributed by atoms with Crippen LogP contribution in [-0.4, -0.2) is 17.9 Å². The summed E-state index contributed by atoms with van der Waals surface area (Å²) in [6.45, 7) is 7.91. The van der Waals surface area contributed by atoms with Gasteiger partial charge in [0.05, 0.1) is 0 Å². The first-order valence-electron chi connectivity index (χ1n) is 11.3. The number of allylic oxidation sites excluding steroid dienone is 2. The van der Waals surface area contributed by atoms with Gasteiger partial charge in [-0.2, -0.15) is 0 Å². The van der Waals surface area contributed by atoms with Gasteiger partial charge in [0.2, 0.25) is 0 Å². The number of carbonyl (C=O) groups is 3. The monoisotopic (exact) mass is 415 g/mol. The van der Waals surface area contributed by atoms with Crippen LogP contribution in [0, 0.1) is 51.8 Å². The molecule has 0 aromatic rings. The fourth-order valence-electron chi connectivity index (χ4n) is 8.52. The number of fused-ring (bicyclic) bond motifs is 2. The van der Waals surface area contributed by atoms with Crippen molar-refractivity contribution in [2.45, 2.75) is 66.2 Å². The molecule has 5 aliphatic rings. The van der Waals surface area contributed by atoms with E-state index in [0.717, 1.165) is 18.4 Å². The molecule has 0 aromatic carbocycles. The third kappa shape index (κ3) is 2.51. The number of hydrogen-bond acceptors (Lipinski definition) is 6. The highest BCUT2D eigenvalue weighted by Gasteiger charge is 2.68. The van der Waals surface area contributed by atoms with Gasteiger partial charge in [0.15, 0.2) is 0 Å². The number of aliphatic carboxylic acids is 3. The van der Waals surface area contributed by atoms with Gasteiger partial charge in [-0.05, 0) is 61.2 Å². The fraction of sp³-hybridized carbons (Fsp3) is 0.792. The molecule has 0 aromatic heterocycles. The molecule has 166 valence electrons. The first kappa shape index (κ1) is 21.4. The van der Waals surface area contributed by atoms with Gasteiger partial charge in [0.25, 0.3) is 0 Å². The van der Waals surface area contributed by atoms with Crippen LogP contribution in [0.4, 0.5) is 0 Å². The SMILES string of the molecule is CC(C)C1=C[C@@]23CC[C@@H]4[C@@](C)(CCC[C@@]4(C)C(=O)[O-])[C@@H]2C[C@H]1[C@H](C(=O)[O-])[C@H]3C(=O)[O-]. The van der Waals surface area contributed by atoms with Gasteiger partial charge in [0.1, 0.15) is 0 Å². The molecule has 0 unspecified atom stereocenters. The Morgan fingerprint density at radius 2 is 1.67 bits per heavy atom. The highest BCUT2D eigenvalue weighted by atomic mass is 16.4. The molecule has 0 aliphatic heterocycles. The molecular formula is C24H31O6-3. The lowest BCUT2D eigenvalue weighted by Gasteiger charge is -2.70. The minimum absolute atomic E-state index is 0.0891. The predicted molar refractivity (Wildman–Crippen MR) is 102 cm³/mol. The summed E-state index contributed by atoms with van der Waals surface area (Å²) in [6.07, 6.45) is 5.79. The van der Waals surface area contributed by atoms with Gasteiger partial charge < -0.3 is 29.7 Å². The zero-order chi connectivity index (χ0) is 22.2. The maximum Gasteiger partial charge on any atom is 0.0476 e. The lowest BCUT2D eigenvalue weighted by Crippen LogP contribution is -2.69. The van der Waals surface area contributed by atoms with E-state index < -0.39 is 46.5 Å². The maximum atomic E-state index is 12.3. The van der Waals surface area contributed by atoms with Crippen LogP contribution in [0.3, 0.4) is 0 Å². The molecule has 0 radical (unpaired) electrons. The Labute approximate surface area is 177 Å². The topological polar surface area (TPSA) is 120 Å². The van der Waals surface area contributed by atoms with Crippen LogP contribution in [-0.2, 0) is 14.4 Å². The van der Waals surface area contributed by atoms with Crippen LogP contribution in [0.1, 0.15) is 66.2 Å². The van der Waals surface area contributed by atoms with Crippen molar-refractivity contribution in [1.82, 2.24) is 0 Å². The summed E-state index contributed by atoms with van der Waals surface area (Å²) in [4.78, 5) is 36.6. The average Bonchev–Trinajstić information content (AvgIpc) is 2.65. The molecule has 0 heterocycles. The van der Waals surface area contributed by atoms with Crippen molar-refractivity contribution in [3.05, 3.63) is 11.6 Å². The molecule has 5 rings (SSSR count). The summed E-state index contributed by atoms with van der Waals surface area (Å²) in [7, 11) is 0. The highest BCUT2D eigenvalue weighted by molar-refractivity contribution is 5.81. The van der Waals surface area contributed by atoms with Gasteiger partial charge in [-0.15, -0.1) is 0 Å². The van der Waals surface area contributed by atoms with E-state index in [4.69, 9.17) is 0 Å². The molecule has 8 atom stereocenters. The lowest BCUT2D eigenvalue weighted by molar-refractivity contribution is -0.343. The molecule has 5 aliphatic carbocycles. The summed E-state index contributed by atoms with van der Waals surface area (Å²) in [5, 5.41) is 36.6. The fourth-order valence-corrected chi connectivity index (χ4v) is 8.52. The van der Waals surface area contributed by atoms with E-state index in [2.05, 4.69) is 13.0 Å². The van der Waals surface area contributed by atoms with Crippen LogP contribution < -0.4 is 15.3 Å². The summed E-state index contributed by atoms with van der Waals surface area (Å²) >= 11 is 0. The molecule has 3 saturated carbocycles. The molecule has 0 saturated heterocycles. The van der Waals surface area contributed by atoms with E-state index in [-0.39, 0.29) is 23.2 Å². The Bertz CT molecular complexity index is 830. The van der Waals surface area contributed by atoms with E-state index >= 15 is 0 Å². The second kappa shape index (κ2) is 6.57. The van der Waals surface area contributed by atoms with Crippen LogP contribution >= 0.6 is 0 Å². The molecule has 0 amide bonds. The summed E-state index contributed by atoms with van der Waals surface area (Å²) < 4.78 is 0. The zero-order valence-electron chi connectivity index (χ0n) is 18.2. The van der Waals surface area contributed by atoms with Crippen LogP contribution in [0.2, 0.25) is 0 Å². The van der Waals surface area contributed by atoms with Crippen molar-refractivity contribution >= 4 is 17.9 Å². The minimum atomic E-state index is -1.32. The number of carboxylic acid groups (broad SMARTS) is 3. The van der Waals surface area contributed by atoms with Crippen LogP contribution in [0.15, 0.2) is 11.6 Å². The number of carboxylic acids is 3.